The van der Waals surface area contributed by atoms with Gasteiger partial charge in [0.05, 0.1) is 18.1 Å². The lowest BCUT2D eigenvalue weighted by Gasteiger charge is -2.11. The molecule has 0 bridgehead atoms. The summed E-state index contributed by atoms with van der Waals surface area (Å²) in [5.41, 5.74) is 3.82. The molecule has 0 radical (unpaired) electrons. The number of fused-ring (bicyclic) bond motifs is 1. The topological polar surface area (TPSA) is 56.1 Å². The molecule has 1 amide bonds. The van der Waals surface area contributed by atoms with Crippen LogP contribution in [0, 0.1) is 0 Å². The molecule has 3 aromatic carbocycles. The number of amides is 1. The quantitative estimate of drug-likeness (QED) is 0.427. The highest BCUT2D eigenvalue weighted by molar-refractivity contribution is 9.10. The first-order valence-electron chi connectivity index (χ1n) is 9.75. The maximum atomic E-state index is 12.5. The lowest BCUT2D eigenvalue weighted by molar-refractivity contribution is 0.0953. The second kappa shape index (κ2) is 9.13. The summed E-state index contributed by atoms with van der Waals surface area (Å²) in [5, 5.41) is 2.99. The maximum Gasteiger partial charge on any atom is 0.251 e. The number of rotatable bonds is 7. The predicted molar refractivity (Wildman–Crippen MR) is 122 cm³/mol. The first-order chi connectivity index (χ1) is 14.6. The summed E-state index contributed by atoms with van der Waals surface area (Å²) in [6.07, 6.45) is 0.637. The van der Waals surface area contributed by atoms with Gasteiger partial charge in [-0.15, -0.1) is 0 Å². The minimum Gasteiger partial charge on any atom is -0.497 e. The van der Waals surface area contributed by atoms with Gasteiger partial charge in [0, 0.05) is 29.5 Å². The minimum absolute atomic E-state index is 0.122. The second-order valence-corrected chi connectivity index (χ2v) is 7.89. The molecule has 0 aliphatic carbocycles. The number of benzene rings is 3. The number of nitrogens with one attached hydrogen (secondary N) is 1. The van der Waals surface area contributed by atoms with Crippen LogP contribution in [0.4, 0.5) is 0 Å². The predicted octanol–water partition coefficient (Wildman–Crippen LogP) is 4.83. The fraction of sp³-hybridized carbons (Fsp3) is 0.167. The van der Waals surface area contributed by atoms with Crippen molar-refractivity contribution in [1.82, 2.24) is 14.9 Å². The van der Waals surface area contributed by atoms with Crippen molar-refractivity contribution in [3.63, 3.8) is 0 Å². The fourth-order valence-corrected chi connectivity index (χ4v) is 3.91. The van der Waals surface area contributed by atoms with Gasteiger partial charge in [0.2, 0.25) is 0 Å². The number of methoxy groups -OCH3 is 1. The molecule has 4 aromatic rings. The van der Waals surface area contributed by atoms with Crippen LogP contribution in [-0.2, 0) is 13.0 Å². The molecule has 30 heavy (non-hydrogen) atoms. The molecule has 5 nitrogen and oxygen atoms in total. The number of carbonyl (C=O) groups is 1. The highest BCUT2D eigenvalue weighted by Gasteiger charge is 2.12. The van der Waals surface area contributed by atoms with Crippen molar-refractivity contribution in [3.8, 4) is 5.75 Å². The van der Waals surface area contributed by atoms with E-state index in [1.54, 1.807) is 19.2 Å². The van der Waals surface area contributed by atoms with E-state index in [1.807, 2.05) is 42.5 Å². The summed E-state index contributed by atoms with van der Waals surface area (Å²) in [7, 11) is 1.59. The van der Waals surface area contributed by atoms with Gasteiger partial charge >= 0.3 is 0 Å². The third-order valence-corrected chi connectivity index (χ3v) is 5.42. The van der Waals surface area contributed by atoms with E-state index in [2.05, 4.69) is 44.0 Å². The van der Waals surface area contributed by atoms with Gasteiger partial charge in [0.25, 0.3) is 5.91 Å². The van der Waals surface area contributed by atoms with Crippen molar-refractivity contribution in [2.24, 2.45) is 0 Å². The summed E-state index contributed by atoms with van der Waals surface area (Å²) in [6.45, 7) is 1.22. The monoisotopic (exact) mass is 463 g/mol. The first kappa shape index (κ1) is 20.2. The zero-order chi connectivity index (χ0) is 20.9. The smallest absolute Gasteiger partial charge is 0.251 e. The molecule has 0 unspecified atom stereocenters. The van der Waals surface area contributed by atoms with Crippen LogP contribution in [0.2, 0.25) is 0 Å². The average Bonchev–Trinajstić information content (AvgIpc) is 3.11. The van der Waals surface area contributed by atoms with Crippen LogP contribution in [0.1, 0.15) is 21.7 Å². The molecule has 1 aromatic heterocycles. The lowest BCUT2D eigenvalue weighted by Crippen LogP contribution is -2.26. The molecule has 4 rings (SSSR count). The number of para-hydroxylation sites is 2. The number of halogens is 1. The normalized spacial score (nSPS) is 10.9. The van der Waals surface area contributed by atoms with E-state index in [-0.39, 0.29) is 5.91 Å². The van der Waals surface area contributed by atoms with Crippen LogP contribution in [0.5, 0.6) is 5.75 Å². The number of nitrogens with zero attached hydrogens (tertiary/aromatic N) is 2. The average molecular weight is 464 g/mol. The van der Waals surface area contributed by atoms with Gasteiger partial charge in [-0.25, -0.2) is 4.98 Å². The van der Waals surface area contributed by atoms with Crippen molar-refractivity contribution in [3.05, 3.63) is 94.2 Å². The Balaban J connectivity index is 1.51. The lowest BCUT2D eigenvalue weighted by atomic mass is 10.2. The van der Waals surface area contributed by atoms with Crippen LogP contribution in [-0.4, -0.2) is 29.1 Å². The van der Waals surface area contributed by atoms with E-state index < -0.39 is 0 Å². The van der Waals surface area contributed by atoms with Crippen molar-refractivity contribution in [2.75, 3.05) is 13.7 Å². The molecular weight excluding hydrogens is 442 g/mol. The first-order valence-corrected chi connectivity index (χ1v) is 10.5. The SMILES string of the molecule is COc1cccc(C(=O)NCCc2nc3ccccc3n2Cc2cccc(Br)c2)c1. The number of hydrogen-bond acceptors (Lipinski definition) is 3. The van der Waals surface area contributed by atoms with Gasteiger partial charge in [-0.3, -0.25) is 4.79 Å². The Labute approximate surface area is 183 Å². The van der Waals surface area contributed by atoms with E-state index in [0.717, 1.165) is 27.9 Å². The summed E-state index contributed by atoms with van der Waals surface area (Å²) in [6, 6.07) is 23.5. The number of aromatic nitrogens is 2. The third-order valence-electron chi connectivity index (χ3n) is 4.93. The van der Waals surface area contributed by atoms with Crippen LogP contribution in [0.15, 0.2) is 77.3 Å². The zero-order valence-corrected chi connectivity index (χ0v) is 18.2. The summed E-state index contributed by atoms with van der Waals surface area (Å²) in [5.74, 6) is 1.49. The largest absolute Gasteiger partial charge is 0.497 e. The summed E-state index contributed by atoms with van der Waals surface area (Å²) in [4.78, 5) is 17.3. The summed E-state index contributed by atoms with van der Waals surface area (Å²) < 4.78 is 8.47. The molecule has 152 valence electrons. The van der Waals surface area contributed by atoms with E-state index in [0.29, 0.717) is 24.3 Å². The Morgan fingerprint density at radius 3 is 2.73 bits per heavy atom. The fourth-order valence-electron chi connectivity index (χ4n) is 3.46. The zero-order valence-electron chi connectivity index (χ0n) is 16.6. The van der Waals surface area contributed by atoms with Gasteiger partial charge in [-0.1, -0.05) is 46.3 Å². The van der Waals surface area contributed by atoms with Crippen LogP contribution in [0.25, 0.3) is 11.0 Å². The molecule has 0 fully saturated rings. The Morgan fingerprint density at radius 1 is 1.07 bits per heavy atom. The molecule has 0 saturated heterocycles. The molecular formula is C24H22BrN3O2. The van der Waals surface area contributed by atoms with Crippen molar-refractivity contribution in [2.45, 2.75) is 13.0 Å². The number of carbonyl (C=O) groups excluding carboxylic acids is 1. The van der Waals surface area contributed by atoms with Crippen molar-refractivity contribution in [1.29, 1.82) is 0 Å². The van der Waals surface area contributed by atoms with Crippen LogP contribution in [0.3, 0.4) is 0 Å². The van der Waals surface area contributed by atoms with E-state index in [9.17, 15) is 4.79 Å². The maximum absolute atomic E-state index is 12.5. The van der Waals surface area contributed by atoms with Gasteiger partial charge in [-0.05, 0) is 48.0 Å². The second-order valence-electron chi connectivity index (χ2n) is 6.97. The third kappa shape index (κ3) is 4.54. The van der Waals surface area contributed by atoms with E-state index >= 15 is 0 Å². The Kier molecular flexibility index (Phi) is 6.14. The molecule has 0 atom stereocenters. The Morgan fingerprint density at radius 2 is 1.90 bits per heavy atom. The molecule has 6 heteroatoms. The van der Waals surface area contributed by atoms with Crippen LogP contribution >= 0.6 is 15.9 Å². The summed E-state index contributed by atoms with van der Waals surface area (Å²) >= 11 is 3.54. The number of ether oxygens (including phenoxy) is 1. The molecule has 0 aliphatic heterocycles. The van der Waals surface area contributed by atoms with Gasteiger partial charge < -0.3 is 14.6 Å². The highest BCUT2D eigenvalue weighted by Crippen LogP contribution is 2.20. The van der Waals surface area contributed by atoms with E-state index in [1.165, 1.54) is 5.56 Å². The standard InChI is InChI=1S/C24H22BrN3O2/c1-30-20-9-5-7-18(15-20)24(29)26-13-12-23-27-21-10-2-3-11-22(21)28(23)16-17-6-4-8-19(25)14-17/h2-11,14-15H,12-13,16H2,1H3,(H,26,29). The van der Waals surface area contributed by atoms with E-state index in [4.69, 9.17) is 9.72 Å². The minimum atomic E-state index is -0.122. The van der Waals surface area contributed by atoms with Crippen LogP contribution < -0.4 is 10.1 Å². The Hall–Kier alpha value is -3.12. The van der Waals surface area contributed by atoms with Gasteiger partial charge in [0.1, 0.15) is 11.6 Å². The van der Waals surface area contributed by atoms with Crippen molar-refractivity contribution >= 4 is 32.9 Å². The molecule has 0 spiro atoms. The Bertz CT molecular complexity index is 1190. The molecule has 1 heterocycles. The molecule has 0 saturated carbocycles. The number of imidazole rings is 1. The number of hydrogen-bond donors (Lipinski definition) is 1. The molecule has 1 N–H and O–H groups in total. The van der Waals surface area contributed by atoms with Gasteiger partial charge in [-0.2, -0.15) is 0 Å². The highest BCUT2D eigenvalue weighted by atomic mass is 79.9. The molecule has 0 aliphatic rings. The van der Waals surface area contributed by atoms with Crippen molar-refractivity contribution < 1.29 is 9.53 Å². The van der Waals surface area contributed by atoms with Gasteiger partial charge in [0.15, 0.2) is 0 Å².